The number of amides is 1. The van der Waals surface area contributed by atoms with Gasteiger partial charge in [0.25, 0.3) is 5.91 Å². The number of fused-ring (bicyclic) bond motifs is 1. The zero-order valence-corrected chi connectivity index (χ0v) is 26.2. The van der Waals surface area contributed by atoms with Gasteiger partial charge in [0, 0.05) is 30.5 Å². The van der Waals surface area contributed by atoms with Gasteiger partial charge in [-0.25, -0.2) is 4.79 Å². The summed E-state index contributed by atoms with van der Waals surface area (Å²) in [5.41, 5.74) is 3.26. The van der Waals surface area contributed by atoms with Gasteiger partial charge in [0.05, 0.1) is 54.3 Å². The number of hydrogen-bond donors (Lipinski definition) is 0. The lowest BCUT2D eigenvalue weighted by atomic mass is 9.73. The van der Waals surface area contributed by atoms with E-state index >= 15 is 0 Å². The standard InChI is InChI=1S/C34H37NO9/c1-18-29(19-12-10-9-11-13-19)44-34(37)28-22(33(36)35(18)2)14-20-15-25(40-5)31(42-7)32(43-8)27(20)26(28)21-16-23(38-3)30(41-6)24(17-21)39-4/h9-13,15-18,26,29H,14H2,1-8H3/t18-,26-,29-/m0/s1. The lowest BCUT2D eigenvalue weighted by Gasteiger charge is -2.39. The summed E-state index contributed by atoms with van der Waals surface area (Å²) in [5, 5.41) is 0. The van der Waals surface area contributed by atoms with Gasteiger partial charge in [0.2, 0.25) is 11.5 Å². The van der Waals surface area contributed by atoms with E-state index < -0.39 is 24.0 Å². The van der Waals surface area contributed by atoms with Gasteiger partial charge >= 0.3 is 5.97 Å². The third kappa shape index (κ3) is 4.94. The van der Waals surface area contributed by atoms with Crippen LogP contribution < -0.4 is 28.4 Å². The van der Waals surface area contributed by atoms with E-state index in [1.54, 1.807) is 24.1 Å². The molecule has 0 unspecified atom stereocenters. The van der Waals surface area contributed by atoms with E-state index in [0.717, 1.165) is 11.1 Å². The van der Waals surface area contributed by atoms with Crippen LogP contribution >= 0.6 is 0 Å². The van der Waals surface area contributed by atoms with Gasteiger partial charge < -0.3 is 38.1 Å². The molecule has 10 nitrogen and oxygen atoms in total. The number of cyclic esters (lactones) is 1. The van der Waals surface area contributed by atoms with Crippen LogP contribution in [0, 0.1) is 0 Å². The number of esters is 1. The van der Waals surface area contributed by atoms with Crippen molar-refractivity contribution in [3.63, 3.8) is 0 Å². The molecule has 1 aliphatic heterocycles. The Morgan fingerprint density at radius 3 is 1.84 bits per heavy atom. The van der Waals surface area contributed by atoms with Gasteiger partial charge in [-0.15, -0.1) is 0 Å². The number of benzene rings is 3. The SMILES string of the molecule is COc1cc([C@@H]2C3=C(Cc4cc(OC)c(OC)c(OC)c42)C(=O)N(C)[C@@H](C)[C@@H](c2ccccc2)OC3=O)cc(OC)c1OC. The van der Waals surface area contributed by atoms with Gasteiger partial charge in [-0.1, -0.05) is 30.3 Å². The van der Waals surface area contributed by atoms with Crippen LogP contribution in [0.2, 0.25) is 0 Å². The molecule has 5 rings (SSSR count). The van der Waals surface area contributed by atoms with Crippen LogP contribution in [-0.2, 0) is 20.7 Å². The smallest absolute Gasteiger partial charge is 0.336 e. The predicted molar refractivity (Wildman–Crippen MR) is 162 cm³/mol. The maximum absolute atomic E-state index is 14.5. The van der Waals surface area contributed by atoms with Gasteiger partial charge in [0.15, 0.2) is 23.0 Å². The zero-order chi connectivity index (χ0) is 31.7. The molecule has 0 aromatic heterocycles. The predicted octanol–water partition coefficient (Wildman–Crippen LogP) is 4.87. The van der Waals surface area contributed by atoms with Gasteiger partial charge in [-0.3, -0.25) is 4.79 Å². The van der Waals surface area contributed by atoms with E-state index in [-0.39, 0.29) is 17.9 Å². The second kappa shape index (κ2) is 12.4. The summed E-state index contributed by atoms with van der Waals surface area (Å²) in [6, 6.07) is 14.3. The Balaban J connectivity index is 1.85. The van der Waals surface area contributed by atoms with Crippen LogP contribution in [0.15, 0.2) is 59.7 Å². The number of likely N-dealkylation sites (N-methyl/N-ethyl adjacent to an activating group) is 1. The fraction of sp³-hybridized carbons (Fsp3) is 0.353. The molecule has 0 saturated carbocycles. The minimum absolute atomic E-state index is 0.142. The number of nitrogens with zero attached hydrogens (tertiary/aromatic N) is 1. The Kier molecular flexibility index (Phi) is 8.62. The molecular weight excluding hydrogens is 566 g/mol. The Hall–Kier alpha value is -4.86. The largest absolute Gasteiger partial charge is 0.493 e. The number of hydrogen-bond acceptors (Lipinski definition) is 9. The van der Waals surface area contributed by atoms with Crippen molar-refractivity contribution in [2.45, 2.75) is 31.4 Å². The van der Waals surface area contributed by atoms with E-state index in [2.05, 4.69) is 0 Å². The summed E-state index contributed by atoms with van der Waals surface area (Å²) in [6.45, 7) is 1.87. The highest BCUT2D eigenvalue weighted by molar-refractivity contribution is 6.06. The van der Waals surface area contributed by atoms with Crippen molar-refractivity contribution < 1.29 is 42.7 Å². The molecule has 0 radical (unpaired) electrons. The molecule has 44 heavy (non-hydrogen) atoms. The second-order valence-corrected chi connectivity index (χ2v) is 10.6. The number of carbonyl (C=O) groups excluding carboxylic acids is 2. The first-order chi connectivity index (χ1) is 21.2. The summed E-state index contributed by atoms with van der Waals surface area (Å²) in [7, 11) is 10.9. The molecule has 0 fully saturated rings. The fourth-order valence-electron chi connectivity index (χ4n) is 6.20. The second-order valence-electron chi connectivity index (χ2n) is 10.6. The first kappa shape index (κ1) is 30.6. The fourth-order valence-corrected chi connectivity index (χ4v) is 6.20. The number of methoxy groups -OCH3 is 6. The molecule has 1 heterocycles. The Bertz CT molecular complexity index is 1590. The number of rotatable bonds is 8. The molecule has 0 N–H and O–H groups in total. The minimum Gasteiger partial charge on any atom is -0.493 e. The van der Waals surface area contributed by atoms with E-state index in [9.17, 15) is 9.59 Å². The average molecular weight is 604 g/mol. The minimum atomic E-state index is -0.841. The molecule has 10 heteroatoms. The highest BCUT2D eigenvalue weighted by Crippen LogP contribution is 2.54. The number of carbonyl (C=O) groups is 2. The maximum Gasteiger partial charge on any atom is 0.336 e. The zero-order valence-electron chi connectivity index (χ0n) is 26.2. The van der Waals surface area contributed by atoms with Gasteiger partial charge in [-0.05, 0) is 41.8 Å². The Labute approximate surface area is 257 Å². The van der Waals surface area contributed by atoms with Crippen molar-refractivity contribution in [2.24, 2.45) is 0 Å². The van der Waals surface area contributed by atoms with Crippen molar-refractivity contribution in [1.29, 1.82) is 0 Å². The third-order valence-corrected chi connectivity index (χ3v) is 8.45. The monoisotopic (exact) mass is 603 g/mol. The molecule has 1 amide bonds. The highest BCUT2D eigenvalue weighted by atomic mass is 16.5. The summed E-state index contributed by atoms with van der Waals surface area (Å²) >= 11 is 0. The molecule has 1 aliphatic carbocycles. The average Bonchev–Trinajstić information content (AvgIpc) is 3.06. The maximum atomic E-state index is 14.5. The Morgan fingerprint density at radius 2 is 1.30 bits per heavy atom. The topological polar surface area (TPSA) is 102 Å². The molecule has 232 valence electrons. The molecule has 3 atom stereocenters. The lowest BCUT2D eigenvalue weighted by Crippen LogP contribution is -2.45. The summed E-state index contributed by atoms with van der Waals surface area (Å²) in [5.74, 6) is 0.588. The van der Waals surface area contributed by atoms with Crippen LogP contribution in [0.5, 0.6) is 34.5 Å². The van der Waals surface area contributed by atoms with Crippen LogP contribution in [0.25, 0.3) is 0 Å². The van der Waals surface area contributed by atoms with Crippen molar-refractivity contribution in [3.8, 4) is 34.5 Å². The van der Waals surface area contributed by atoms with Crippen molar-refractivity contribution in [2.75, 3.05) is 49.7 Å². The highest BCUT2D eigenvalue weighted by Gasteiger charge is 2.45. The molecule has 0 saturated heterocycles. The van der Waals surface area contributed by atoms with E-state index in [4.69, 9.17) is 33.2 Å². The Morgan fingerprint density at radius 1 is 0.727 bits per heavy atom. The molecule has 0 bridgehead atoms. The van der Waals surface area contributed by atoms with Crippen LogP contribution in [0.3, 0.4) is 0 Å². The van der Waals surface area contributed by atoms with E-state index in [1.807, 2.05) is 43.3 Å². The molecule has 0 spiro atoms. The van der Waals surface area contributed by atoms with Crippen molar-refractivity contribution >= 4 is 11.9 Å². The van der Waals surface area contributed by atoms with Crippen LogP contribution in [0.4, 0.5) is 0 Å². The van der Waals surface area contributed by atoms with Crippen molar-refractivity contribution in [1.82, 2.24) is 4.90 Å². The van der Waals surface area contributed by atoms with Gasteiger partial charge in [-0.2, -0.15) is 0 Å². The molecule has 3 aromatic carbocycles. The lowest BCUT2D eigenvalue weighted by molar-refractivity contribution is -0.153. The first-order valence-electron chi connectivity index (χ1n) is 14.1. The quantitative estimate of drug-likeness (QED) is 0.334. The molecule has 2 aliphatic rings. The normalized spacial score (nSPS) is 19.6. The van der Waals surface area contributed by atoms with Gasteiger partial charge in [0.1, 0.15) is 6.10 Å². The first-order valence-corrected chi connectivity index (χ1v) is 14.1. The summed E-state index contributed by atoms with van der Waals surface area (Å²) in [4.78, 5) is 30.4. The number of ether oxygens (including phenoxy) is 7. The van der Waals surface area contributed by atoms with Crippen LogP contribution in [-0.4, -0.2) is 72.5 Å². The van der Waals surface area contributed by atoms with Crippen LogP contribution in [0.1, 0.15) is 41.2 Å². The van der Waals surface area contributed by atoms with Crippen molar-refractivity contribution in [3.05, 3.63) is 81.9 Å². The summed E-state index contributed by atoms with van der Waals surface area (Å²) < 4.78 is 40.6. The molecule has 3 aromatic rings. The third-order valence-electron chi connectivity index (χ3n) is 8.45. The molecular formula is C34H37NO9. The summed E-state index contributed by atoms with van der Waals surface area (Å²) in [6.07, 6.45) is -0.565. The van der Waals surface area contributed by atoms with E-state index in [1.165, 1.54) is 42.7 Å². The van der Waals surface area contributed by atoms with E-state index in [0.29, 0.717) is 51.2 Å².